The Bertz CT molecular complexity index is 218. The maximum Gasteiger partial charge on any atom is 0.401 e. The van der Waals surface area contributed by atoms with Gasteiger partial charge in [0.05, 0.1) is 13.2 Å². The third kappa shape index (κ3) is 7.18. The van der Waals surface area contributed by atoms with Gasteiger partial charge in [-0.25, -0.2) is 0 Å². The highest BCUT2D eigenvalue weighted by Crippen LogP contribution is 2.19. The summed E-state index contributed by atoms with van der Waals surface area (Å²) < 4.78 is 36.4. The Kier molecular flexibility index (Phi) is 7.82. The highest BCUT2D eigenvalue weighted by molar-refractivity contribution is 4.85. The first-order chi connectivity index (χ1) is 8.28. The van der Waals surface area contributed by atoms with Crippen LogP contribution in [0, 0.1) is 0 Å². The molecule has 18 heavy (non-hydrogen) atoms. The van der Waals surface area contributed by atoms with Crippen molar-refractivity contribution in [2.24, 2.45) is 0 Å². The molecule has 2 N–H and O–H groups in total. The molecule has 0 aliphatic rings. The monoisotopic (exact) mass is 270 g/mol. The number of hydrogen-bond donors (Lipinski definition) is 2. The summed E-state index contributed by atoms with van der Waals surface area (Å²) in [5.74, 6) is 0. The normalized spacial score (nSPS) is 16.0. The fourth-order valence-corrected chi connectivity index (χ4v) is 2.08. The van der Waals surface area contributed by atoms with Crippen LogP contribution in [0.15, 0.2) is 0 Å². The minimum Gasteiger partial charge on any atom is -0.394 e. The fourth-order valence-electron chi connectivity index (χ4n) is 2.08. The Labute approximate surface area is 107 Å². The average molecular weight is 270 g/mol. The zero-order valence-corrected chi connectivity index (χ0v) is 11.5. The molecular weight excluding hydrogens is 245 g/mol. The number of halogens is 3. The summed E-state index contributed by atoms with van der Waals surface area (Å²) in [5.41, 5.74) is -0.353. The molecule has 1 atom stereocenters. The van der Waals surface area contributed by atoms with Crippen molar-refractivity contribution >= 4 is 0 Å². The number of nitrogens with one attached hydrogen (secondary N) is 1. The lowest BCUT2D eigenvalue weighted by Crippen LogP contribution is -2.48. The van der Waals surface area contributed by atoms with Crippen LogP contribution >= 0.6 is 0 Å². The number of aliphatic hydroxyl groups excluding tert-OH is 1. The fraction of sp³-hybridized carbons (Fsp3) is 1.00. The van der Waals surface area contributed by atoms with Gasteiger partial charge in [0.15, 0.2) is 0 Å². The van der Waals surface area contributed by atoms with Crippen LogP contribution in [0.4, 0.5) is 13.2 Å². The molecule has 0 fully saturated rings. The van der Waals surface area contributed by atoms with Crippen molar-refractivity contribution in [1.82, 2.24) is 10.2 Å². The Hall–Kier alpha value is -0.330. The number of nitrogens with zero attached hydrogens (tertiary/aromatic N) is 1. The van der Waals surface area contributed by atoms with E-state index in [-0.39, 0.29) is 12.1 Å². The van der Waals surface area contributed by atoms with Gasteiger partial charge in [-0.05, 0) is 39.4 Å². The van der Waals surface area contributed by atoms with Gasteiger partial charge in [-0.2, -0.15) is 13.2 Å². The molecule has 1 unspecified atom stereocenters. The van der Waals surface area contributed by atoms with Crippen LogP contribution in [-0.4, -0.2) is 55.0 Å². The van der Waals surface area contributed by atoms with Crippen LogP contribution in [0.25, 0.3) is 0 Å². The summed E-state index contributed by atoms with van der Waals surface area (Å²) in [6.07, 6.45) is -2.07. The van der Waals surface area contributed by atoms with E-state index in [0.717, 1.165) is 13.0 Å². The van der Waals surface area contributed by atoms with E-state index in [1.165, 1.54) is 11.9 Å². The van der Waals surface area contributed by atoms with Crippen LogP contribution in [0.5, 0.6) is 0 Å². The molecule has 0 aromatic heterocycles. The Morgan fingerprint density at radius 3 is 2.22 bits per heavy atom. The topological polar surface area (TPSA) is 35.5 Å². The summed E-state index contributed by atoms with van der Waals surface area (Å²) in [4.78, 5) is 1.27. The minimum atomic E-state index is -4.14. The zero-order chi connectivity index (χ0) is 14.2. The van der Waals surface area contributed by atoms with Gasteiger partial charge in [-0.15, -0.1) is 0 Å². The predicted octanol–water partition coefficient (Wildman–Crippen LogP) is 2.01. The van der Waals surface area contributed by atoms with Crippen molar-refractivity contribution in [2.75, 3.05) is 33.3 Å². The van der Waals surface area contributed by atoms with Gasteiger partial charge < -0.3 is 10.4 Å². The summed E-state index contributed by atoms with van der Waals surface area (Å²) in [5, 5.41) is 12.6. The first-order valence-corrected chi connectivity index (χ1v) is 6.39. The molecule has 0 saturated carbocycles. The predicted molar refractivity (Wildman–Crippen MR) is 66.6 cm³/mol. The zero-order valence-electron chi connectivity index (χ0n) is 11.5. The van der Waals surface area contributed by atoms with Crippen molar-refractivity contribution in [3.63, 3.8) is 0 Å². The molecule has 0 aliphatic heterocycles. The number of likely N-dealkylation sites (N-methyl/N-ethyl adjacent to an activating group) is 1. The first kappa shape index (κ1) is 17.7. The molecular formula is C12H25F3N2O. The van der Waals surface area contributed by atoms with E-state index in [0.29, 0.717) is 19.4 Å². The summed E-state index contributed by atoms with van der Waals surface area (Å²) >= 11 is 0. The van der Waals surface area contributed by atoms with Gasteiger partial charge in [0, 0.05) is 5.54 Å². The van der Waals surface area contributed by atoms with Crippen LogP contribution in [0.3, 0.4) is 0 Å². The molecule has 0 aliphatic carbocycles. The largest absolute Gasteiger partial charge is 0.401 e. The van der Waals surface area contributed by atoms with Gasteiger partial charge in [0.2, 0.25) is 0 Å². The van der Waals surface area contributed by atoms with Gasteiger partial charge in [-0.3, -0.25) is 4.90 Å². The lowest BCUT2D eigenvalue weighted by molar-refractivity contribution is -0.143. The van der Waals surface area contributed by atoms with Gasteiger partial charge in [0.25, 0.3) is 0 Å². The van der Waals surface area contributed by atoms with E-state index >= 15 is 0 Å². The molecule has 3 nitrogen and oxygen atoms in total. The van der Waals surface area contributed by atoms with Crippen LogP contribution in [-0.2, 0) is 0 Å². The van der Waals surface area contributed by atoms with E-state index < -0.39 is 12.7 Å². The molecule has 0 spiro atoms. The standard InChI is InChI=1S/C12H25F3N2O/c1-4-11(10-18,16-5-2)7-6-8-17(3)9-12(13,14)15/h16,18H,4-10H2,1-3H3. The van der Waals surface area contributed by atoms with Gasteiger partial charge in [-0.1, -0.05) is 13.8 Å². The van der Waals surface area contributed by atoms with Crippen molar-refractivity contribution in [1.29, 1.82) is 0 Å². The van der Waals surface area contributed by atoms with E-state index in [1.807, 2.05) is 13.8 Å². The van der Waals surface area contributed by atoms with Crippen molar-refractivity contribution in [2.45, 2.75) is 44.8 Å². The molecule has 0 amide bonds. The maximum absolute atomic E-state index is 12.1. The summed E-state index contributed by atoms with van der Waals surface area (Å²) in [6.45, 7) is 4.18. The highest BCUT2D eigenvalue weighted by atomic mass is 19.4. The molecule has 0 saturated heterocycles. The van der Waals surface area contributed by atoms with E-state index in [2.05, 4.69) is 5.32 Å². The third-order valence-electron chi connectivity index (χ3n) is 3.18. The third-order valence-corrected chi connectivity index (χ3v) is 3.18. The smallest absolute Gasteiger partial charge is 0.394 e. The SMILES string of the molecule is CCNC(CC)(CO)CCCN(C)CC(F)(F)F. The number of rotatable bonds is 9. The van der Waals surface area contributed by atoms with Crippen LogP contribution in [0.1, 0.15) is 33.1 Å². The molecule has 0 aromatic rings. The lowest BCUT2D eigenvalue weighted by Gasteiger charge is -2.32. The Morgan fingerprint density at radius 2 is 1.83 bits per heavy atom. The summed E-state index contributed by atoms with van der Waals surface area (Å²) in [6, 6.07) is 0. The van der Waals surface area contributed by atoms with Crippen LogP contribution < -0.4 is 5.32 Å². The minimum absolute atomic E-state index is 0.0142. The number of hydrogen-bond acceptors (Lipinski definition) is 3. The molecule has 0 radical (unpaired) electrons. The van der Waals surface area contributed by atoms with Crippen molar-refractivity contribution in [3.05, 3.63) is 0 Å². The number of aliphatic hydroxyl groups is 1. The second-order valence-corrected chi connectivity index (χ2v) is 4.78. The second kappa shape index (κ2) is 7.96. The van der Waals surface area contributed by atoms with E-state index in [4.69, 9.17) is 0 Å². The molecule has 0 rings (SSSR count). The van der Waals surface area contributed by atoms with Gasteiger partial charge in [0.1, 0.15) is 0 Å². The summed E-state index contributed by atoms with van der Waals surface area (Å²) in [7, 11) is 1.47. The van der Waals surface area contributed by atoms with Crippen LogP contribution in [0.2, 0.25) is 0 Å². The average Bonchev–Trinajstić information content (AvgIpc) is 2.25. The molecule has 0 bridgehead atoms. The van der Waals surface area contributed by atoms with E-state index in [9.17, 15) is 18.3 Å². The molecule has 6 heteroatoms. The lowest BCUT2D eigenvalue weighted by atomic mass is 9.91. The molecule has 0 heterocycles. The second-order valence-electron chi connectivity index (χ2n) is 4.78. The van der Waals surface area contributed by atoms with Gasteiger partial charge >= 0.3 is 6.18 Å². The highest BCUT2D eigenvalue weighted by Gasteiger charge is 2.30. The van der Waals surface area contributed by atoms with E-state index in [1.54, 1.807) is 0 Å². The van der Waals surface area contributed by atoms with Crippen molar-refractivity contribution in [3.8, 4) is 0 Å². The molecule has 0 aromatic carbocycles. The number of alkyl halides is 3. The molecule has 110 valence electrons. The Morgan fingerprint density at radius 1 is 1.22 bits per heavy atom. The van der Waals surface area contributed by atoms with Crippen molar-refractivity contribution < 1.29 is 18.3 Å². The maximum atomic E-state index is 12.1. The quantitative estimate of drug-likeness (QED) is 0.673. The first-order valence-electron chi connectivity index (χ1n) is 6.39. The Balaban J connectivity index is 4.06.